The second-order valence-electron chi connectivity index (χ2n) is 5.74. The molecule has 0 radical (unpaired) electrons. The molecule has 0 amide bonds. The van der Waals surface area contributed by atoms with Crippen LogP contribution in [0.2, 0.25) is 0 Å². The van der Waals surface area contributed by atoms with Crippen LogP contribution in [0, 0.1) is 11.7 Å². The molecular weight excluding hydrogens is 239 g/mol. The van der Waals surface area contributed by atoms with Crippen molar-refractivity contribution >= 4 is 0 Å². The molecule has 0 aliphatic carbocycles. The minimum atomic E-state index is -0.150. The number of rotatable bonds is 5. The molecule has 2 rings (SSSR count). The van der Waals surface area contributed by atoms with Crippen LogP contribution in [0.4, 0.5) is 4.39 Å². The highest BCUT2D eigenvalue weighted by Gasteiger charge is 2.23. The van der Waals surface area contributed by atoms with Gasteiger partial charge in [-0.25, -0.2) is 4.39 Å². The molecule has 0 saturated carbocycles. The van der Waals surface area contributed by atoms with Crippen molar-refractivity contribution in [1.29, 1.82) is 0 Å². The van der Waals surface area contributed by atoms with E-state index in [1.807, 2.05) is 19.2 Å². The monoisotopic (exact) mass is 264 g/mol. The van der Waals surface area contributed by atoms with Crippen LogP contribution in [0.15, 0.2) is 24.3 Å². The molecule has 106 valence electrons. The second-order valence-corrected chi connectivity index (χ2v) is 5.74. The number of hydrogen-bond acceptors (Lipinski definition) is 2. The van der Waals surface area contributed by atoms with Crippen molar-refractivity contribution in [1.82, 2.24) is 10.2 Å². The van der Waals surface area contributed by atoms with E-state index in [1.165, 1.54) is 31.5 Å². The fraction of sp³-hybridized carbons (Fsp3) is 0.625. The van der Waals surface area contributed by atoms with Crippen molar-refractivity contribution in [3.8, 4) is 0 Å². The van der Waals surface area contributed by atoms with E-state index in [-0.39, 0.29) is 5.82 Å². The van der Waals surface area contributed by atoms with Gasteiger partial charge in [-0.15, -0.1) is 0 Å². The van der Waals surface area contributed by atoms with Gasteiger partial charge in [0.05, 0.1) is 0 Å². The molecule has 1 aliphatic heterocycles. The average molecular weight is 264 g/mol. The lowest BCUT2D eigenvalue weighted by molar-refractivity contribution is 0.131. The number of halogens is 1. The highest BCUT2D eigenvalue weighted by Crippen LogP contribution is 2.19. The summed E-state index contributed by atoms with van der Waals surface area (Å²) in [5.41, 5.74) is 1.23. The van der Waals surface area contributed by atoms with Crippen molar-refractivity contribution in [2.75, 3.05) is 26.7 Å². The van der Waals surface area contributed by atoms with Gasteiger partial charge in [0.15, 0.2) is 0 Å². The fourth-order valence-electron chi connectivity index (χ4n) is 3.04. The highest BCUT2D eigenvalue weighted by atomic mass is 19.1. The lowest BCUT2D eigenvalue weighted by atomic mass is 9.95. The third-order valence-electron chi connectivity index (χ3n) is 4.11. The normalized spacial score (nSPS) is 22.4. The Labute approximate surface area is 116 Å². The summed E-state index contributed by atoms with van der Waals surface area (Å²) >= 11 is 0. The van der Waals surface area contributed by atoms with Crippen LogP contribution >= 0.6 is 0 Å². The number of benzene rings is 1. The largest absolute Gasteiger partial charge is 0.319 e. The van der Waals surface area contributed by atoms with E-state index in [0.717, 1.165) is 18.9 Å². The molecule has 3 heteroatoms. The fourth-order valence-corrected chi connectivity index (χ4v) is 3.04. The van der Waals surface area contributed by atoms with E-state index in [9.17, 15) is 4.39 Å². The molecule has 1 fully saturated rings. The summed E-state index contributed by atoms with van der Waals surface area (Å²) in [5, 5.41) is 3.28. The van der Waals surface area contributed by atoms with Crippen LogP contribution in [0.1, 0.15) is 25.3 Å². The van der Waals surface area contributed by atoms with E-state index in [0.29, 0.717) is 6.04 Å². The zero-order valence-electron chi connectivity index (χ0n) is 12.0. The van der Waals surface area contributed by atoms with Crippen LogP contribution in [-0.2, 0) is 6.42 Å². The Morgan fingerprint density at radius 1 is 1.37 bits per heavy atom. The van der Waals surface area contributed by atoms with E-state index in [1.54, 1.807) is 12.1 Å². The number of nitrogens with one attached hydrogen (secondary N) is 1. The predicted molar refractivity (Wildman–Crippen MR) is 77.8 cm³/mol. The Balaban J connectivity index is 1.88. The Hall–Kier alpha value is -0.930. The minimum Gasteiger partial charge on any atom is -0.319 e. The summed E-state index contributed by atoms with van der Waals surface area (Å²) in [4.78, 5) is 2.58. The van der Waals surface area contributed by atoms with Crippen molar-refractivity contribution in [2.24, 2.45) is 5.92 Å². The molecule has 1 saturated heterocycles. The lowest BCUT2D eigenvalue weighted by Gasteiger charge is -2.37. The Morgan fingerprint density at radius 3 is 2.79 bits per heavy atom. The van der Waals surface area contributed by atoms with Gasteiger partial charge in [-0.1, -0.05) is 12.1 Å². The molecule has 1 aromatic carbocycles. The molecule has 2 unspecified atom stereocenters. The van der Waals surface area contributed by atoms with Crippen molar-refractivity contribution < 1.29 is 4.39 Å². The molecule has 0 spiro atoms. The molecule has 1 aromatic rings. The van der Waals surface area contributed by atoms with Gasteiger partial charge >= 0.3 is 0 Å². The summed E-state index contributed by atoms with van der Waals surface area (Å²) in [6.07, 6.45) is 3.63. The lowest BCUT2D eigenvalue weighted by Crippen LogP contribution is -2.44. The molecule has 0 aromatic heterocycles. The Morgan fingerprint density at radius 2 is 2.11 bits per heavy atom. The third kappa shape index (κ3) is 4.29. The van der Waals surface area contributed by atoms with Crippen molar-refractivity contribution in [2.45, 2.75) is 32.2 Å². The van der Waals surface area contributed by atoms with Gasteiger partial charge in [0.1, 0.15) is 5.82 Å². The zero-order chi connectivity index (χ0) is 13.7. The first-order valence-electron chi connectivity index (χ1n) is 7.32. The maximum atomic E-state index is 12.9. The maximum absolute atomic E-state index is 12.9. The van der Waals surface area contributed by atoms with Gasteiger partial charge in [0, 0.05) is 12.6 Å². The number of nitrogens with zero attached hydrogens (tertiary/aromatic N) is 1. The van der Waals surface area contributed by atoms with E-state index in [2.05, 4.69) is 17.1 Å². The first-order chi connectivity index (χ1) is 9.19. The van der Waals surface area contributed by atoms with Gasteiger partial charge in [0.25, 0.3) is 0 Å². The van der Waals surface area contributed by atoms with Gasteiger partial charge in [0.2, 0.25) is 0 Å². The molecule has 2 atom stereocenters. The molecule has 1 heterocycles. The first-order valence-corrected chi connectivity index (χ1v) is 7.32. The van der Waals surface area contributed by atoms with Crippen LogP contribution in [-0.4, -0.2) is 37.6 Å². The van der Waals surface area contributed by atoms with Crippen LogP contribution in [0.25, 0.3) is 0 Å². The quantitative estimate of drug-likeness (QED) is 0.879. The van der Waals surface area contributed by atoms with Crippen LogP contribution < -0.4 is 5.32 Å². The second kappa shape index (κ2) is 7.01. The number of piperidine rings is 1. The summed E-state index contributed by atoms with van der Waals surface area (Å²) in [6.45, 7) is 5.77. The molecule has 1 N–H and O–H groups in total. The predicted octanol–water partition coefficient (Wildman–Crippen LogP) is 2.69. The topological polar surface area (TPSA) is 15.3 Å². The van der Waals surface area contributed by atoms with Gasteiger partial charge in [-0.2, -0.15) is 0 Å². The van der Waals surface area contributed by atoms with Crippen molar-refractivity contribution in [3.63, 3.8) is 0 Å². The van der Waals surface area contributed by atoms with Gasteiger partial charge in [-0.05, 0) is 69.9 Å². The summed E-state index contributed by atoms with van der Waals surface area (Å²) < 4.78 is 12.9. The van der Waals surface area contributed by atoms with Gasteiger partial charge < -0.3 is 10.2 Å². The van der Waals surface area contributed by atoms with Crippen LogP contribution in [0.5, 0.6) is 0 Å². The summed E-state index contributed by atoms with van der Waals surface area (Å²) in [6, 6.07) is 7.45. The third-order valence-corrected chi connectivity index (χ3v) is 4.11. The van der Waals surface area contributed by atoms with Gasteiger partial charge in [-0.3, -0.25) is 0 Å². The van der Waals surface area contributed by atoms with E-state index < -0.39 is 0 Å². The summed E-state index contributed by atoms with van der Waals surface area (Å²) in [5.74, 6) is 0.623. The smallest absolute Gasteiger partial charge is 0.123 e. The minimum absolute atomic E-state index is 0.150. The number of hydrogen-bond donors (Lipinski definition) is 1. The standard InChI is InChI=1S/C16H25FN2/c1-13(10-14-5-7-16(17)8-6-14)19-9-3-4-15(12-19)11-18-2/h5-8,13,15,18H,3-4,9-12H2,1-2H3. The Kier molecular flexibility index (Phi) is 5.34. The van der Waals surface area contributed by atoms with E-state index >= 15 is 0 Å². The highest BCUT2D eigenvalue weighted by molar-refractivity contribution is 5.17. The Bertz CT molecular complexity index is 375. The maximum Gasteiger partial charge on any atom is 0.123 e. The van der Waals surface area contributed by atoms with Crippen molar-refractivity contribution in [3.05, 3.63) is 35.6 Å². The summed E-state index contributed by atoms with van der Waals surface area (Å²) in [7, 11) is 2.03. The first kappa shape index (κ1) is 14.5. The molecule has 0 bridgehead atoms. The molecular formula is C16H25FN2. The number of likely N-dealkylation sites (tertiary alicyclic amines) is 1. The average Bonchev–Trinajstić information content (AvgIpc) is 2.42. The molecule has 19 heavy (non-hydrogen) atoms. The zero-order valence-corrected chi connectivity index (χ0v) is 12.0. The molecule has 1 aliphatic rings. The van der Waals surface area contributed by atoms with E-state index in [4.69, 9.17) is 0 Å². The molecule has 2 nitrogen and oxygen atoms in total. The van der Waals surface area contributed by atoms with Crippen LogP contribution in [0.3, 0.4) is 0 Å². The SMILES string of the molecule is CNCC1CCCN(C(C)Cc2ccc(F)cc2)C1.